The molecule has 11 heteroatoms. The summed E-state index contributed by atoms with van der Waals surface area (Å²) in [6.45, 7) is 5.39. The number of aromatic nitrogens is 4. The van der Waals surface area contributed by atoms with Crippen molar-refractivity contribution in [2.24, 2.45) is 0 Å². The van der Waals surface area contributed by atoms with E-state index in [1.165, 1.54) is 21.4 Å². The highest BCUT2D eigenvalue weighted by Gasteiger charge is 2.14. The monoisotopic (exact) mass is 466 g/mol. The Kier molecular flexibility index (Phi) is 10.1. The standard InChI is InChI=1S/C16H19N5OS3.C3H7NO/c1-3-17-14(22)10-23-15-20-19-13(21(15)4-2)9-24-16-18-11-7-5-6-8-12(11)25-16;1-4(2)3-5/h5-8H,3-4,9-10H2,1-2H3,(H,17,22);3H,1-2H3. The highest BCUT2D eigenvalue weighted by molar-refractivity contribution is 8.00. The van der Waals surface area contributed by atoms with Gasteiger partial charge < -0.3 is 14.8 Å². The number of thiazole rings is 1. The van der Waals surface area contributed by atoms with Crippen LogP contribution in [-0.4, -0.2) is 63.4 Å². The minimum Gasteiger partial charge on any atom is -0.356 e. The van der Waals surface area contributed by atoms with E-state index in [1.54, 1.807) is 37.2 Å². The first-order valence-corrected chi connectivity index (χ1v) is 12.2. The Hall–Kier alpha value is -2.11. The third-order valence-corrected chi connectivity index (χ3v) is 6.77. The van der Waals surface area contributed by atoms with E-state index < -0.39 is 0 Å². The quantitative estimate of drug-likeness (QED) is 0.382. The number of amides is 2. The van der Waals surface area contributed by atoms with E-state index in [-0.39, 0.29) is 5.91 Å². The van der Waals surface area contributed by atoms with Crippen LogP contribution in [0.5, 0.6) is 0 Å². The summed E-state index contributed by atoms with van der Waals surface area (Å²) in [7, 11) is 3.38. The van der Waals surface area contributed by atoms with Gasteiger partial charge >= 0.3 is 0 Å². The van der Waals surface area contributed by atoms with Gasteiger partial charge in [-0.15, -0.1) is 21.5 Å². The average molecular weight is 467 g/mol. The normalized spacial score (nSPS) is 10.4. The molecule has 0 spiro atoms. The first kappa shape index (κ1) is 24.2. The molecule has 2 aromatic heterocycles. The topological polar surface area (TPSA) is 93.0 Å². The largest absolute Gasteiger partial charge is 0.356 e. The van der Waals surface area contributed by atoms with E-state index in [0.29, 0.717) is 18.1 Å². The smallest absolute Gasteiger partial charge is 0.230 e. The molecular weight excluding hydrogens is 440 g/mol. The van der Waals surface area contributed by atoms with Gasteiger partial charge in [-0.05, 0) is 26.0 Å². The summed E-state index contributed by atoms with van der Waals surface area (Å²) >= 11 is 4.78. The number of fused-ring (bicyclic) bond motifs is 1. The van der Waals surface area contributed by atoms with Gasteiger partial charge in [0, 0.05) is 27.2 Å². The van der Waals surface area contributed by atoms with Crippen molar-refractivity contribution in [2.45, 2.75) is 35.6 Å². The predicted octanol–water partition coefficient (Wildman–Crippen LogP) is 3.13. The van der Waals surface area contributed by atoms with Crippen LogP contribution < -0.4 is 5.32 Å². The molecule has 0 unspecified atom stereocenters. The Morgan fingerprint density at radius 2 is 1.97 bits per heavy atom. The Morgan fingerprint density at radius 3 is 2.60 bits per heavy atom. The molecule has 0 aliphatic heterocycles. The van der Waals surface area contributed by atoms with E-state index in [4.69, 9.17) is 0 Å². The Morgan fingerprint density at radius 1 is 1.23 bits per heavy atom. The molecule has 0 aliphatic carbocycles. The third kappa shape index (κ3) is 7.29. The van der Waals surface area contributed by atoms with Gasteiger partial charge in [-0.25, -0.2) is 4.98 Å². The zero-order chi connectivity index (χ0) is 21.9. The summed E-state index contributed by atoms with van der Waals surface area (Å²) in [6.07, 6.45) is 0.750. The second-order valence-corrected chi connectivity index (χ2v) is 9.39. The van der Waals surface area contributed by atoms with Crippen molar-refractivity contribution in [3.8, 4) is 0 Å². The van der Waals surface area contributed by atoms with Crippen LogP contribution >= 0.6 is 34.9 Å². The number of benzene rings is 1. The van der Waals surface area contributed by atoms with Crippen LogP contribution in [0.4, 0.5) is 0 Å². The number of para-hydroxylation sites is 1. The Balaban J connectivity index is 0.000000575. The summed E-state index contributed by atoms with van der Waals surface area (Å²) < 4.78 is 4.29. The van der Waals surface area contributed by atoms with Crippen LogP contribution in [0, 0.1) is 0 Å². The second kappa shape index (κ2) is 12.6. The van der Waals surface area contributed by atoms with E-state index in [1.807, 2.05) is 25.1 Å². The molecule has 162 valence electrons. The van der Waals surface area contributed by atoms with Gasteiger partial charge in [-0.3, -0.25) is 9.59 Å². The predicted molar refractivity (Wildman–Crippen MR) is 124 cm³/mol. The summed E-state index contributed by atoms with van der Waals surface area (Å²) in [5, 5.41) is 12.1. The minimum absolute atomic E-state index is 0.0172. The number of carbonyl (C=O) groups is 2. The fourth-order valence-corrected chi connectivity index (χ4v) is 5.13. The molecule has 8 nitrogen and oxygen atoms in total. The number of thioether (sulfide) groups is 2. The highest BCUT2D eigenvalue weighted by atomic mass is 32.2. The van der Waals surface area contributed by atoms with Crippen LogP contribution in [0.2, 0.25) is 0 Å². The highest BCUT2D eigenvalue weighted by Crippen LogP contribution is 2.31. The van der Waals surface area contributed by atoms with Gasteiger partial charge in [0.1, 0.15) is 5.82 Å². The van der Waals surface area contributed by atoms with E-state index in [0.717, 1.165) is 33.8 Å². The van der Waals surface area contributed by atoms with Crippen LogP contribution in [0.15, 0.2) is 33.8 Å². The van der Waals surface area contributed by atoms with Crippen LogP contribution in [0.3, 0.4) is 0 Å². The summed E-state index contributed by atoms with van der Waals surface area (Å²) in [5.41, 5.74) is 1.03. The summed E-state index contributed by atoms with van der Waals surface area (Å²) in [6, 6.07) is 8.14. The molecule has 1 aromatic carbocycles. The molecule has 0 atom stereocenters. The molecule has 2 heterocycles. The first-order valence-electron chi connectivity index (χ1n) is 9.40. The third-order valence-electron chi connectivity index (χ3n) is 3.63. The Bertz CT molecular complexity index is 924. The zero-order valence-electron chi connectivity index (χ0n) is 17.5. The number of hydrogen-bond acceptors (Lipinski definition) is 8. The van der Waals surface area contributed by atoms with Gasteiger partial charge in [-0.1, -0.05) is 35.7 Å². The SMILES string of the molecule is CCNC(=O)CSc1nnc(CSc2nc3ccccc3s2)n1CC.CN(C)C=O. The zero-order valence-corrected chi connectivity index (χ0v) is 19.9. The first-order chi connectivity index (χ1) is 14.5. The van der Waals surface area contributed by atoms with Crippen molar-refractivity contribution in [2.75, 3.05) is 26.4 Å². The fourth-order valence-electron chi connectivity index (χ4n) is 2.27. The van der Waals surface area contributed by atoms with Crippen molar-refractivity contribution < 1.29 is 9.59 Å². The van der Waals surface area contributed by atoms with Crippen molar-refractivity contribution in [3.63, 3.8) is 0 Å². The molecule has 1 N–H and O–H groups in total. The second-order valence-electron chi connectivity index (χ2n) is 6.19. The molecule has 0 fully saturated rings. The fraction of sp³-hybridized carbons (Fsp3) is 0.421. The van der Waals surface area contributed by atoms with Gasteiger partial charge in [-0.2, -0.15) is 0 Å². The van der Waals surface area contributed by atoms with E-state index in [9.17, 15) is 9.59 Å². The molecule has 0 aliphatic rings. The number of rotatable bonds is 9. The average Bonchev–Trinajstić information content (AvgIpc) is 3.34. The lowest BCUT2D eigenvalue weighted by Crippen LogP contribution is -2.24. The van der Waals surface area contributed by atoms with Crippen molar-refractivity contribution in [3.05, 3.63) is 30.1 Å². The number of nitrogens with zero attached hydrogens (tertiary/aromatic N) is 5. The van der Waals surface area contributed by atoms with E-state index in [2.05, 4.69) is 38.1 Å². The van der Waals surface area contributed by atoms with Crippen LogP contribution in [0.25, 0.3) is 10.2 Å². The minimum atomic E-state index is 0.0172. The summed E-state index contributed by atoms with van der Waals surface area (Å²) in [5.74, 6) is 1.99. The Labute approximate surface area is 188 Å². The maximum Gasteiger partial charge on any atom is 0.230 e. The molecule has 3 aromatic rings. The molecule has 0 radical (unpaired) electrons. The molecule has 2 amide bonds. The molecule has 0 saturated carbocycles. The van der Waals surface area contributed by atoms with Gasteiger partial charge in [0.15, 0.2) is 9.50 Å². The lowest BCUT2D eigenvalue weighted by molar-refractivity contribution is -0.118. The molecular formula is C19H26N6O2S3. The molecule has 0 bridgehead atoms. The van der Waals surface area contributed by atoms with Crippen LogP contribution in [0.1, 0.15) is 19.7 Å². The lowest BCUT2D eigenvalue weighted by Gasteiger charge is -2.06. The van der Waals surface area contributed by atoms with Gasteiger partial charge in [0.05, 0.1) is 21.7 Å². The van der Waals surface area contributed by atoms with Gasteiger partial charge in [0.25, 0.3) is 0 Å². The number of nitrogens with one attached hydrogen (secondary N) is 1. The molecule has 30 heavy (non-hydrogen) atoms. The van der Waals surface area contributed by atoms with Crippen molar-refractivity contribution in [1.29, 1.82) is 0 Å². The lowest BCUT2D eigenvalue weighted by atomic mass is 10.3. The van der Waals surface area contributed by atoms with Gasteiger partial charge in [0.2, 0.25) is 12.3 Å². The molecule has 0 saturated heterocycles. The van der Waals surface area contributed by atoms with E-state index >= 15 is 0 Å². The summed E-state index contributed by atoms with van der Waals surface area (Å²) in [4.78, 5) is 27.1. The van der Waals surface area contributed by atoms with Crippen LogP contribution in [-0.2, 0) is 21.9 Å². The maximum absolute atomic E-state index is 11.6. The number of hydrogen-bond donors (Lipinski definition) is 1. The molecule has 3 rings (SSSR count). The van der Waals surface area contributed by atoms with Crippen molar-refractivity contribution >= 4 is 57.4 Å². The van der Waals surface area contributed by atoms with Crippen molar-refractivity contribution in [1.82, 2.24) is 30.0 Å². The maximum atomic E-state index is 11.6. The number of carbonyl (C=O) groups excluding carboxylic acids is 2.